The molecule has 1 aliphatic rings. The van der Waals surface area contributed by atoms with Gasteiger partial charge in [0.1, 0.15) is 5.75 Å². The van der Waals surface area contributed by atoms with Gasteiger partial charge < -0.3 is 9.84 Å². The molecule has 2 nitrogen and oxygen atoms in total. The van der Waals surface area contributed by atoms with Crippen LogP contribution < -0.4 is 0 Å². The highest BCUT2D eigenvalue weighted by Crippen LogP contribution is 2.47. The van der Waals surface area contributed by atoms with Crippen LogP contribution in [0.1, 0.15) is 37.5 Å². The summed E-state index contributed by atoms with van der Waals surface area (Å²) >= 11 is 0. The van der Waals surface area contributed by atoms with Gasteiger partial charge in [-0.25, -0.2) is 0 Å². The normalized spacial score (nSPS) is 23.1. The minimum Gasteiger partial charge on any atom is -0.507 e. The van der Waals surface area contributed by atoms with Crippen molar-refractivity contribution in [1.29, 1.82) is 0 Å². The molecule has 0 radical (unpaired) electrons. The number of phenols is 1. The molecule has 16 heavy (non-hydrogen) atoms. The molecule has 0 spiro atoms. The Morgan fingerprint density at radius 1 is 1.44 bits per heavy atom. The molecule has 88 valence electrons. The van der Waals surface area contributed by atoms with Crippen molar-refractivity contribution in [2.45, 2.75) is 39.2 Å². The van der Waals surface area contributed by atoms with Crippen LogP contribution in [-0.2, 0) is 23.2 Å². The van der Waals surface area contributed by atoms with Gasteiger partial charge in [-0.05, 0) is 30.4 Å². The molecular formula is C14H20O2. The molecule has 1 unspecified atom stereocenters. The van der Waals surface area contributed by atoms with E-state index in [4.69, 9.17) is 4.74 Å². The molecule has 1 aromatic carbocycles. The topological polar surface area (TPSA) is 29.5 Å². The van der Waals surface area contributed by atoms with Gasteiger partial charge in [0.25, 0.3) is 0 Å². The van der Waals surface area contributed by atoms with Gasteiger partial charge in [0.2, 0.25) is 0 Å². The Hall–Kier alpha value is -1.02. The molecule has 0 saturated heterocycles. The Morgan fingerprint density at radius 3 is 2.69 bits per heavy atom. The van der Waals surface area contributed by atoms with Crippen LogP contribution >= 0.6 is 0 Å². The summed E-state index contributed by atoms with van der Waals surface area (Å²) in [5, 5.41) is 10.3. The Labute approximate surface area is 97.3 Å². The van der Waals surface area contributed by atoms with E-state index in [-0.39, 0.29) is 5.60 Å². The van der Waals surface area contributed by atoms with Gasteiger partial charge in [-0.15, -0.1) is 0 Å². The number of ether oxygens (including phenoxy) is 1. The highest BCUT2D eigenvalue weighted by Gasteiger charge is 2.41. The van der Waals surface area contributed by atoms with Gasteiger partial charge >= 0.3 is 0 Å². The molecule has 0 bridgehead atoms. The van der Waals surface area contributed by atoms with E-state index in [1.165, 1.54) is 5.56 Å². The third-order valence-corrected chi connectivity index (χ3v) is 3.48. The number of methoxy groups -OCH3 is 1. The fraction of sp³-hybridized carbons (Fsp3) is 0.571. The van der Waals surface area contributed by atoms with Crippen LogP contribution in [0.4, 0.5) is 0 Å². The molecule has 1 atom stereocenters. The maximum Gasteiger partial charge on any atom is 0.125 e. The number of hydrogen-bond donors (Lipinski definition) is 1. The van der Waals surface area contributed by atoms with Crippen LogP contribution in [0.25, 0.3) is 0 Å². The Bertz CT molecular complexity index is 409. The van der Waals surface area contributed by atoms with Gasteiger partial charge in [0.05, 0.1) is 5.60 Å². The minimum atomic E-state index is -0.285. The molecule has 2 heteroatoms. The van der Waals surface area contributed by atoms with Gasteiger partial charge in [-0.1, -0.05) is 26.0 Å². The predicted octanol–water partition coefficient (Wildman–Crippen LogP) is 3.01. The predicted molar refractivity (Wildman–Crippen MR) is 64.7 cm³/mol. The molecule has 0 heterocycles. The van der Waals surface area contributed by atoms with Gasteiger partial charge in [-0.2, -0.15) is 0 Å². The maximum absolute atomic E-state index is 10.3. The van der Waals surface area contributed by atoms with E-state index in [1.807, 2.05) is 13.0 Å². The fourth-order valence-corrected chi connectivity index (χ4v) is 2.54. The number of hydrogen-bond acceptors (Lipinski definition) is 2. The summed E-state index contributed by atoms with van der Waals surface area (Å²) in [5.41, 5.74) is 2.96. The number of benzene rings is 1. The molecule has 1 aromatic rings. The van der Waals surface area contributed by atoms with Crippen molar-refractivity contribution in [3.8, 4) is 5.75 Å². The largest absolute Gasteiger partial charge is 0.507 e. The van der Waals surface area contributed by atoms with E-state index in [0.29, 0.717) is 11.7 Å². The zero-order valence-electron chi connectivity index (χ0n) is 10.5. The van der Waals surface area contributed by atoms with Crippen LogP contribution in [0.5, 0.6) is 5.75 Å². The van der Waals surface area contributed by atoms with Crippen molar-refractivity contribution in [3.63, 3.8) is 0 Å². The van der Waals surface area contributed by atoms with E-state index >= 15 is 0 Å². The third kappa shape index (κ3) is 1.61. The lowest BCUT2D eigenvalue weighted by Gasteiger charge is -2.40. The highest BCUT2D eigenvalue weighted by molar-refractivity contribution is 5.55. The molecule has 0 amide bonds. The second-order valence-electron chi connectivity index (χ2n) is 5.32. The SMILES string of the molecule is COC1(C)Cc2ccc(CC(C)C)c(O)c21. The van der Waals surface area contributed by atoms with E-state index in [2.05, 4.69) is 19.9 Å². The molecule has 0 aliphatic heterocycles. The quantitative estimate of drug-likeness (QED) is 0.848. The number of rotatable bonds is 3. The van der Waals surface area contributed by atoms with E-state index in [1.54, 1.807) is 7.11 Å². The highest BCUT2D eigenvalue weighted by atomic mass is 16.5. The van der Waals surface area contributed by atoms with Crippen molar-refractivity contribution >= 4 is 0 Å². The van der Waals surface area contributed by atoms with Crippen LogP contribution in [0.2, 0.25) is 0 Å². The lowest BCUT2D eigenvalue weighted by Crippen LogP contribution is -2.37. The first-order valence-electron chi connectivity index (χ1n) is 5.87. The van der Waals surface area contributed by atoms with Crippen LogP contribution in [0.3, 0.4) is 0 Å². The molecule has 1 aliphatic carbocycles. The summed E-state index contributed by atoms with van der Waals surface area (Å²) < 4.78 is 5.48. The standard InChI is InChI=1S/C14H20O2/c1-9(2)7-10-5-6-11-8-14(3,16-4)12(11)13(10)15/h5-6,9,15H,7-8H2,1-4H3. The Kier molecular flexibility index (Phi) is 2.70. The van der Waals surface area contributed by atoms with E-state index in [0.717, 1.165) is 24.0 Å². The lowest BCUT2D eigenvalue weighted by atomic mass is 9.72. The third-order valence-electron chi connectivity index (χ3n) is 3.48. The summed E-state index contributed by atoms with van der Waals surface area (Å²) in [6.45, 7) is 6.36. The van der Waals surface area contributed by atoms with Gasteiger partial charge in [0.15, 0.2) is 0 Å². The van der Waals surface area contributed by atoms with Crippen molar-refractivity contribution in [3.05, 3.63) is 28.8 Å². The van der Waals surface area contributed by atoms with E-state index in [9.17, 15) is 5.11 Å². The average molecular weight is 220 g/mol. The zero-order valence-corrected chi connectivity index (χ0v) is 10.5. The van der Waals surface area contributed by atoms with Crippen LogP contribution in [0, 0.1) is 5.92 Å². The van der Waals surface area contributed by atoms with Crippen molar-refractivity contribution < 1.29 is 9.84 Å². The summed E-state index contributed by atoms with van der Waals surface area (Å²) in [6, 6.07) is 4.16. The van der Waals surface area contributed by atoms with Crippen molar-refractivity contribution in [1.82, 2.24) is 0 Å². The Morgan fingerprint density at radius 2 is 2.12 bits per heavy atom. The van der Waals surface area contributed by atoms with Gasteiger partial charge in [-0.3, -0.25) is 0 Å². The first kappa shape index (κ1) is 11.5. The summed E-state index contributed by atoms with van der Waals surface area (Å²) in [5.74, 6) is 1.000. The van der Waals surface area contributed by atoms with Crippen molar-refractivity contribution in [2.24, 2.45) is 5.92 Å². The second kappa shape index (κ2) is 3.77. The lowest BCUT2D eigenvalue weighted by molar-refractivity contribution is -0.0204. The first-order valence-corrected chi connectivity index (χ1v) is 5.87. The molecule has 0 saturated carbocycles. The monoisotopic (exact) mass is 220 g/mol. The van der Waals surface area contributed by atoms with E-state index < -0.39 is 0 Å². The number of fused-ring (bicyclic) bond motifs is 1. The molecule has 0 aromatic heterocycles. The number of phenolic OH excluding ortho intramolecular Hbond substituents is 1. The van der Waals surface area contributed by atoms with Crippen LogP contribution in [0.15, 0.2) is 12.1 Å². The molecule has 2 rings (SSSR count). The van der Waals surface area contributed by atoms with Crippen molar-refractivity contribution in [2.75, 3.05) is 7.11 Å². The second-order valence-corrected chi connectivity index (χ2v) is 5.32. The Balaban J connectivity index is 2.40. The van der Waals surface area contributed by atoms with Gasteiger partial charge in [0, 0.05) is 19.1 Å². The summed E-state index contributed by atoms with van der Waals surface area (Å²) in [6.07, 6.45) is 1.81. The number of aromatic hydroxyl groups is 1. The fourth-order valence-electron chi connectivity index (χ4n) is 2.54. The average Bonchev–Trinajstić information content (AvgIpc) is 2.19. The minimum absolute atomic E-state index is 0.285. The maximum atomic E-state index is 10.3. The smallest absolute Gasteiger partial charge is 0.125 e. The molecule has 0 fully saturated rings. The first-order chi connectivity index (χ1) is 7.48. The summed E-state index contributed by atoms with van der Waals surface area (Å²) in [4.78, 5) is 0. The molecular weight excluding hydrogens is 200 g/mol. The zero-order chi connectivity index (χ0) is 11.9. The molecule has 1 N–H and O–H groups in total. The summed E-state index contributed by atoms with van der Waals surface area (Å²) in [7, 11) is 1.71. The van der Waals surface area contributed by atoms with Crippen LogP contribution in [-0.4, -0.2) is 12.2 Å².